The van der Waals surface area contributed by atoms with E-state index in [-0.39, 0.29) is 18.5 Å². The van der Waals surface area contributed by atoms with Crippen molar-refractivity contribution in [1.82, 2.24) is 5.32 Å². The third kappa shape index (κ3) is 57.2. The first-order valence-corrected chi connectivity index (χ1v) is 31.7. The zero-order valence-corrected chi connectivity index (χ0v) is 47.7. The Labute approximate surface area is 443 Å². The van der Waals surface area contributed by atoms with Crippen LogP contribution in [0, 0.1) is 0 Å². The van der Waals surface area contributed by atoms with E-state index in [2.05, 4.69) is 55.6 Å². The normalized spacial score (nSPS) is 12.8. The van der Waals surface area contributed by atoms with Crippen molar-refractivity contribution < 1.29 is 24.5 Å². The summed E-state index contributed by atoms with van der Waals surface area (Å²) in [6.45, 7) is 4.94. The van der Waals surface area contributed by atoms with Gasteiger partial charge in [0.2, 0.25) is 5.91 Å². The molecule has 6 heteroatoms. The van der Waals surface area contributed by atoms with Crippen molar-refractivity contribution in [1.29, 1.82) is 0 Å². The van der Waals surface area contributed by atoms with Crippen molar-refractivity contribution in [3.05, 3.63) is 36.5 Å². The second-order valence-corrected chi connectivity index (χ2v) is 21.7. The summed E-state index contributed by atoms with van der Waals surface area (Å²) in [6.07, 6.45) is 75.9. The molecule has 2 atom stereocenters. The number of hydrogen-bond acceptors (Lipinski definition) is 5. The molecule has 0 fully saturated rings. The Morgan fingerprint density at radius 2 is 0.704 bits per heavy atom. The lowest BCUT2D eigenvalue weighted by atomic mass is 10.0. The number of amides is 1. The van der Waals surface area contributed by atoms with Crippen LogP contribution in [0.4, 0.5) is 0 Å². The van der Waals surface area contributed by atoms with E-state index in [1.54, 1.807) is 0 Å². The van der Waals surface area contributed by atoms with Gasteiger partial charge in [-0.3, -0.25) is 9.59 Å². The van der Waals surface area contributed by atoms with Gasteiger partial charge in [0.15, 0.2) is 0 Å². The van der Waals surface area contributed by atoms with Crippen LogP contribution in [-0.2, 0) is 14.3 Å². The molecule has 0 rings (SSSR count). The molecular weight excluding hydrogens is 875 g/mol. The number of ether oxygens (including phenoxy) is 1. The largest absolute Gasteiger partial charge is 0.466 e. The standard InChI is InChI=1S/C65H123NO5/c1-3-5-7-9-11-13-15-17-18-28-31-34-37-41-45-49-53-57-63(68)62(61-67)66-64(69)58-54-50-46-42-38-35-32-29-26-24-22-20-19-21-23-25-27-30-33-36-40-44-48-52-56-60-71-65(70)59-55-51-47-43-39-16-14-12-10-8-6-4-2/h12,14,20-23,62-63,67-68H,3-11,13,15-19,24-61H2,1-2H3,(H,66,69)/b14-12-,22-20-,23-21-. The molecule has 0 aromatic heterocycles. The van der Waals surface area contributed by atoms with Crippen LogP contribution in [0.3, 0.4) is 0 Å². The maximum absolute atomic E-state index is 12.5. The second-order valence-electron chi connectivity index (χ2n) is 21.7. The van der Waals surface area contributed by atoms with E-state index in [9.17, 15) is 19.8 Å². The highest BCUT2D eigenvalue weighted by Crippen LogP contribution is 2.17. The number of rotatable bonds is 59. The number of hydrogen-bond donors (Lipinski definition) is 3. The van der Waals surface area contributed by atoms with Crippen molar-refractivity contribution in [3.8, 4) is 0 Å². The quantitative estimate of drug-likeness (QED) is 0.0321. The Balaban J connectivity index is 3.44. The molecule has 1 amide bonds. The molecule has 0 aliphatic carbocycles. The van der Waals surface area contributed by atoms with Gasteiger partial charge in [-0.05, 0) is 83.5 Å². The highest BCUT2D eigenvalue weighted by Gasteiger charge is 2.20. The molecule has 0 saturated carbocycles. The Hall–Kier alpha value is -1.92. The molecule has 6 nitrogen and oxygen atoms in total. The summed E-state index contributed by atoms with van der Waals surface area (Å²) >= 11 is 0. The summed E-state index contributed by atoms with van der Waals surface area (Å²) in [5.41, 5.74) is 0. The molecule has 0 bridgehead atoms. The van der Waals surface area contributed by atoms with Crippen molar-refractivity contribution in [2.24, 2.45) is 0 Å². The number of carbonyl (C=O) groups is 2. The number of carbonyl (C=O) groups excluding carboxylic acids is 2. The van der Waals surface area contributed by atoms with Crippen LogP contribution < -0.4 is 5.32 Å². The lowest BCUT2D eigenvalue weighted by Gasteiger charge is -2.22. The van der Waals surface area contributed by atoms with Crippen LogP contribution in [0.5, 0.6) is 0 Å². The third-order valence-corrected chi connectivity index (χ3v) is 14.7. The van der Waals surface area contributed by atoms with Gasteiger partial charge in [-0.1, -0.05) is 281 Å². The fourth-order valence-corrected chi connectivity index (χ4v) is 9.78. The van der Waals surface area contributed by atoms with Gasteiger partial charge < -0.3 is 20.3 Å². The summed E-state index contributed by atoms with van der Waals surface area (Å²) in [4.78, 5) is 24.5. The highest BCUT2D eigenvalue weighted by atomic mass is 16.5. The smallest absolute Gasteiger partial charge is 0.305 e. The van der Waals surface area contributed by atoms with Gasteiger partial charge in [0, 0.05) is 12.8 Å². The fraction of sp³-hybridized carbons (Fsp3) is 0.877. The van der Waals surface area contributed by atoms with Crippen molar-refractivity contribution >= 4 is 11.9 Å². The van der Waals surface area contributed by atoms with Gasteiger partial charge in [-0.15, -0.1) is 0 Å². The first-order valence-electron chi connectivity index (χ1n) is 31.7. The first kappa shape index (κ1) is 69.1. The summed E-state index contributed by atoms with van der Waals surface area (Å²) in [5, 5.41) is 23.3. The number of nitrogens with one attached hydrogen (secondary N) is 1. The van der Waals surface area contributed by atoms with Crippen LogP contribution in [0.2, 0.25) is 0 Å². The average molecular weight is 999 g/mol. The van der Waals surface area contributed by atoms with Gasteiger partial charge in [0.25, 0.3) is 0 Å². The molecule has 0 radical (unpaired) electrons. The van der Waals surface area contributed by atoms with Crippen LogP contribution in [0.15, 0.2) is 36.5 Å². The number of aliphatic hydroxyl groups excluding tert-OH is 2. The van der Waals surface area contributed by atoms with E-state index in [1.807, 2.05) is 0 Å². The van der Waals surface area contributed by atoms with Crippen molar-refractivity contribution in [2.45, 2.75) is 353 Å². The molecule has 0 aromatic carbocycles. The van der Waals surface area contributed by atoms with Gasteiger partial charge in [0.05, 0.1) is 25.4 Å². The number of esters is 1. The molecule has 71 heavy (non-hydrogen) atoms. The van der Waals surface area contributed by atoms with Crippen molar-refractivity contribution in [2.75, 3.05) is 13.2 Å². The Kier molecular flexibility index (Phi) is 59.0. The highest BCUT2D eigenvalue weighted by molar-refractivity contribution is 5.76. The molecule has 0 aromatic rings. The Morgan fingerprint density at radius 1 is 0.394 bits per heavy atom. The van der Waals surface area contributed by atoms with Crippen LogP contribution in [-0.4, -0.2) is 47.4 Å². The average Bonchev–Trinajstić information content (AvgIpc) is 3.37. The predicted octanol–water partition coefficient (Wildman–Crippen LogP) is 20.0. The Morgan fingerprint density at radius 3 is 1.11 bits per heavy atom. The van der Waals surface area contributed by atoms with Gasteiger partial charge in [0.1, 0.15) is 0 Å². The van der Waals surface area contributed by atoms with Crippen LogP contribution in [0.25, 0.3) is 0 Å². The molecular formula is C65H123NO5. The first-order chi connectivity index (χ1) is 35.0. The Bertz CT molecular complexity index is 1150. The number of unbranched alkanes of at least 4 members (excludes halogenated alkanes) is 42. The lowest BCUT2D eigenvalue weighted by Crippen LogP contribution is -2.45. The van der Waals surface area contributed by atoms with E-state index in [0.717, 1.165) is 51.4 Å². The van der Waals surface area contributed by atoms with Gasteiger partial charge in [-0.25, -0.2) is 0 Å². The van der Waals surface area contributed by atoms with Crippen molar-refractivity contribution in [3.63, 3.8) is 0 Å². The predicted molar refractivity (Wildman–Crippen MR) is 310 cm³/mol. The molecule has 0 heterocycles. The maximum Gasteiger partial charge on any atom is 0.305 e. The molecule has 3 N–H and O–H groups in total. The topological polar surface area (TPSA) is 95.9 Å². The third-order valence-electron chi connectivity index (χ3n) is 14.7. The summed E-state index contributed by atoms with van der Waals surface area (Å²) in [5.74, 6) is -0.0401. The maximum atomic E-state index is 12.5. The molecule has 2 unspecified atom stereocenters. The van der Waals surface area contributed by atoms with E-state index in [0.29, 0.717) is 25.9 Å². The monoisotopic (exact) mass is 998 g/mol. The lowest BCUT2D eigenvalue weighted by molar-refractivity contribution is -0.143. The summed E-state index contributed by atoms with van der Waals surface area (Å²) < 4.78 is 5.46. The minimum atomic E-state index is -0.669. The molecule has 0 aliphatic heterocycles. The minimum Gasteiger partial charge on any atom is -0.466 e. The van der Waals surface area contributed by atoms with E-state index in [4.69, 9.17) is 4.74 Å². The van der Waals surface area contributed by atoms with E-state index >= 15 is 0 Å². The summed E-state index contributed by atoms with van der Waals surface area (Å²) in [7, 11) is 0. The molecule has 0 aliphatic rings. The zero-order chi connectivity index (χ0) is 51.4. The summed E-state index contributed by atoms with van der Waals surface area (Å²) in [6, 6.07) is -0.547. The fourth-order valence-electron chi connectivity index (χ4n) is 9.78. The van der Waals surface area contributed by atoms with Gasteiger partial charge in [-0.2, -0.15) is 0 Å². The van der Waals surface area contributed by atoms with Crippen LogP contribution in [0.1, 0.15) is 341 Å². The number of allylic oxidation sites excluding steroid dienone is 6. The van der Waals surface area contributed by atoms with Gasteiger partial charge >= 0.3 is 5.97 Å². The zero-order valence-electron chi connectivity index (χ0n) is 47.7. The SMILES string of the molecule is CCCCC/C=C\CCCCCCCC(=O)OCCCCCCCCCCC/C=C\C/C=C\CCCCCCCCCCCC(=O)NC(CO)C(O)CCCCCCCCCCCCCCCCCCC. The second kappa shape index (κ2) is 60.6. The molecule has 0 saturated heterocycles. The number of aliphatic hydroxyl groups is 2. The van der Waals surface area contributed by atoms with Crippen LogP contribution >= 0.6 is 0 Å². The van der Waals surface area contributed by atoms with E-state index in [1.165, 1.54) is 257 Å². The van der Waals surface area contributed by atoms with E-state index < -0.39 is 12.1 Å². The molecule has 0 spiro atoms. The molecule has 418 valence electrons. The minimum absolute atomic E-state index is 0.00104.